The molecule has 0 aromatic rings. The molecule has 0 bridgehead atoms. The molecule has 14 nitrogen and oxygen atoms in total. The van der Waals surface area contributed by atoms with Crippen LogP contribution in [0.15, 0.2) is 4.99 Å². The van der Waals surface area contributed by atoms with Crippen LogP contribution in [0.2, 0.25) is 0 Å². The third kappa shape index (κ3) is 10.8. The SMILES string of the molecule is NCCCC[C@H](NC(=O)[C@H](CCCN=C(N)N)NC(=O)[C@@H]1CCCN1)C(=O)N[C@@H](CO)C(=O)O. The number of aliphatic carboxylic acids is 1. The Morgan fingerprint density at radius 2 is 1.59 bits per heavy atom. The number of aliphatic hydroxyl groups is 1. The van der Waals surface area contributed by atoms with Crippen LogP contribution in [0.1, 0.15) is 44.9 Å². The molecule has 1 rings (SSSR count). The van der Waals surface area contributed by atoms with Crippen LogP contribution < -0.4 is 38.5 Å². The molecule has 1 aliphatic heterocycles. The Kier molecular flexibility index (Phi) is 13.5. The molecule has 14 heteroatoms. The molecule has 3 amide bonds. The second kappa shape index (κ2) is 15.8. The first-order valence-electron chi connectivity index (χ1n) is 11.4. The number of carboxylic acids is 1. The predicted molar refractivity (Wildman–Crippen MR) is 124 cm³/mol. The number of nitrogens with zero attached hydrogens (tertiary/aromatic N) is 1. The number of hydrogen-bond donors (Lipinski definition) is 9. The fraction of sp³-hybridized carbons (Fsp3) is 0.750. The van der Waals surface area contributed by atoms with E-state index >= 15 is 0 Å². The van der Waals surface area contributed by atoms with Crippen LogP contribution in [-0.2, 0) is 19.2 Å². The molecule has 0 spiro atoms. The van der Waals surface area contributed by atoms with Gasteiger partial charge in [-0.3, -0.25) is 19.4 Å². The topological polar surface area (TPSA) is 247 Å². The van der Waals surface area contributed by atoms with E-state index in [4.69, 9.17) is 22.3 Å². The first-order valence-corrected chi connectivity index (χ1v) is 11.4. The van der Waals surface area contributed by atoms with Crippen molar-refractivity contribution in [2.24, 2.45) is 22.2 Å². The molecule has 0 radical (unpaired) electrons. The molecule has 4 atom stereocenters. The van der Waals surface area contributed by atoms with Gasteiger partial charge >= 0.3 is 5.97 Å². The third-order valence-electron chi connectivity index (χ3n) is 5.33. The molecule has 1 saturated heterocycles. The number of carbonyl (C=O) groups is 4. The average molecular weight is 487 g/mol. The lowest BCUT2D eigenvalue weighted by atomic mass is 10.1. The summed E-state index contributed by atoms with van der Waals surface area (Å²) in [5.41, 5.74) is 16.1. The van der Waals surface area contributed by atoms with Crippen molar-refractivity contribution in [3.05, 3.63) is 0 Å². The van der Waals surface area contributed by atoms with Gasteiger partial charge in [-0.1, -0.05) is 0 Å². The lowest BCUT2D eigenvalue weighted by molar-refractivity contribution is -0.143. The Morgan fingerprint density at radius 1 is 0.971 bits per heavy atom. The van der Waals surface area contributed by atoms with Crippen molar-refractivity contribution in [3.63, 3.8) is 0 Å². The first-order chi connectivity index (χ1) is 16.2. The van der Waals surface area contributed by atoms with Crippen molar-refractivity contribution in [1.82, 2.24) is 21.3 Å². The van der Waals surface area contributed by atoms with Crippen molar-refractivity contribution in [3.8, 4) is 0 Å². The minimum absolute atomic E-state index is 0.0892. The van der Waals surface area contributed by atoms with Gasteiger partial charge in [0.2, 0.25) is 17.7 Å². The molecule has 1 fully saturated rings. The number of aliphatic imine (C=N–C) groups is 1. The van der Waals surface area contributed by atoms with Gasteiger partial charge in [-0.15, -0.1) is 0 Å². The third-order valence-corrected chi connectivity index (χ3v) is 5.33. The fourth-order valence-corrected chi connectivity index (χ4v) is 3.44. The normalized spacial score (nSPS) is 17.8. The van der Waals surface area contributed by atoms with Crippen molar-refractivity contribution in [1.29, 1.82) is 0 Å². The van der Waals surface area contributed by atoms with Gasteiger partial charge in [-0.25, -0.2) is 4.79 Å². The molecule has 12 N–H and O–H groups in total. The van der Waals surface area contributed by atoms with Gasteiger partial charge in [0.15, 0.2) is 5.96 Å². The molecule has 34 heavy (non-hydrogen) atoms. The number of nitrogens with one attached hydrogen (secondary N) is 4. The quantitative estimate of drug-likeness (QED) is 0.0590. The van der Waals surface area contributed by atoms with Crippen LogP contribution in [0.4, 0.5) is 0 Å². The molecule has 194 valence electrons. The monoisotopic (exact) mass is 486 g/mol. The number of amides is 3. The van der Waals surface area contributed by atoms with Crippen LogP contribution in [0.3, 0.4) is 0 Å². The van der Waals surface area contributed by atoms with Crippen LogP contribution in [0.5, 0.6) is 0 Å². The van der Waals surface area contributed by atoms with E-state index in [2.05, 4.69) is 26.3 Å². The number of carboxylic acid groups (broad SMARTS) is 1. The highest BCUT2D eigenvalue weighted by Crippen LogP contribution is 2.08. The lowest BCUT2D eigenvalue weighted by Crippen LogP contribution is -2.57. The van der Waals surface area contributed by atoms with E-state index in [1.54, 1.807) is 0 Å². The van der Waals surface area contributed by atoms with E-state index in [0.717, 1.165) is 6.42 Å². The number of rotatable bonds is 16. The predicted octanol–water partition coefficient (Wildman–Crippen LogP) is -3.55. The van der Waals surface area contributed by atoms with Crippen molar-refractivity contribution in [2.45, 2.75) is 69.1 Å². The largest absolute Gasteiger partial charge is 0.480 e. The van der Waals surface area contributed by atoms with E-state index < -0.39 is 48.6 Å². The Bertz CT molecular complexity index is 709. The van der Waals surface area contributed by atoms with Crippen molar-refractivity contribution in [2.75, 3.05) is 26.2 Å². The molecular formula is C20H38N8O6. The van der Waals surface area contributed by atoms with Crippen LogP contribution in [-0.4, -0.2) is 90.3 Å². The van der Waals surface area contributed by atoms with E-state index in [1.165, 1.54) is 0 Å². The highest BCUT2D eigenvalue weighted by molar-refractivity contribution is 5.94. The number of nitrogens with two attached hydrogens (primary N) is 3. The van der Waals surface area contributed by atoms with Crippen LogP contribution in [0.25, 0.3) is 0 Å². The van der Waals surface area contributed by atoms with E-state index in [0.29, 0.717) is 38.8 Å². The summed E-state index contributed by atoms with van der Waals surface area (Å²) in [5.74, 6) is -3.17. The molecule has 1 heterocycles. The van der Waals surface area contributed by atoms with Gasteiger partial charge in [-0.2, -0.15) is 0 Å². The Labute approximate surface area is 198 Å². The summed E-state index contributed by atoms with van der Waals surface area (Å²) in [5, 5.41) is 28.9. The Morgan fingerprint density at radius 3 is 2.12 bits per heavy atom. The zero-order valence-corrected chi connectivity index (χ0v) is 19.3. The van der Waals surface area contributed by atoms with Gasteiger partial charge in [0.1, 0.15) is 18.1 Å². The highest BCUT2D eigenvalue weighted by Gasteiger charge is 2.31. The number of hydrogen-bond acceptors (Lipinski definition) is 8. The molecular weight excluding hydrogens is 448 g/mol. The van der Waals surface area contributed by atoms with E-state index in [-0.39, 0.29) is 31.3 Å². The summed E-state index contributed by atoms with van der Waals surface area (Å²) in [6.45, 7) is 0.538. The number of carbonyl (C=O) groups excluding carboxylic acids is 3. The highest BCUT2D eigenvalue weighted by atomic mass is 16.4. The average Bonchev–Trinajstić information content (AvgIpc) is 3.33. The van der Waals surface area contributed by atoms with Gasteiger partial charge in [0.05, 0.1) is 12.6 Å². The maximum Gasteiger partial charge on any atom is 0.328 e. The van der Waals surface area contributed by atoms with Crippen molar-refractivity contribution >= 4 is 29.7 Å². The van der Waals surface area contributed by atoms with E-state index in [1.807, 2.05) is 0 Å². The summed E-state index contributed by atoms with van der Waals surface area (Å²) >= 11 is 0. The number of aliphatic hydroxyl groups excluding tert-OH is 1. The second-order valence-electron chi connectivity index (χ2n) is 8.09. The molecule has 0 aromatic heterocycles. The first kappa shape index (κ1) is 29.1. The molecule has 1 aliphatic rings. The standard InChI is InChI=1S/C20H38N8O6/c21-8-2-1-5-13(18(32)28-15(11-29)19(33)34)27-17(31)14(7-4-10-25-20(22)23)26-16(30)12-6-3-9-24-12/h12-15,24,29H,1-11,21H2,(H,26,30)(H,27,31)(H,28,32)(H,33,34)(H4,22,23,25)/t12-,13-,14-,15-/m0/s1. The summed E-state index contributed by atoms with van der Waals surface area (Å²) in [7, 11) is 0. The van der Waals surface area contributed by atoms with Gasteiger partial charge < -0.3 is 48.7 Å². The smallest absolute Gasteiger partial charge is 0.328 e. The minimum atomic E-state index is -1.51. The summed E-state index contributed by atoms with van der Waals surface area (Å²) in [4.78, 5) is 53.3. The zero-order valence-electron chi connectivity index (χ0n) is 19.3. The Balaban J connectivity index is 2.91. The maximum absolute atomic E-state index is 13.1. The maximum atomic E-state index is 13.1. The lowest BCUT2D eigenvalue weighted by Gasteiger charge is -2.25. The second-order valence-corrected chi connectivity index (χ2v) is 8.09. The van der Waals surface area contributed by atoms with Gasteiger partial charge in [-0.05, 0) is 58.0 Å². The molecule has 0 saturated carbocycles. The summed E-state index contributed by atoms with van der Waals surface area (Å²) in [6.07, 6.45) is 3.39. The molecule has 0 aromatic carbocycles. The van der Waals surface area contributed by atoms with Crippen molar-refractivity contribution < 1.29 is 29.4 Å². The fourth-order valence-electron chi connectivity index (χ4n) is 3.44. The molecule has 0 unspecified atom stereocenters. The van der Waals surface area contributed by atoms with E-state index in [9.17, 15) is 24.3 Å². The minimum Gasteiger partial charge on any atom is -0.480 e. The molecule has 0 aliphatic carbocycles. The zero-order chi connectivity index (χ0) is 25.5. The summed E-state index contributed by atoms with van der Waals surface area (Å²) < 4.78 is 0. The summed E-state index contributed by atoms with van der Waals surface area (Å²) in [6, 6.07) is -3.95. The number of guanidine groups is 1. The number of unbranched alkanes of at least 4 members (excludes halogenated alkanes) is 1. The van der Waals surface area contributed by atoms with Crippen LogP contribution >= 0.6 is 0 Å². The Hall–Kier alpha value is -2.97. The van der Waals surface area contributed by atoms with Crippen LogP contribution in [0, 0.1) is 0 Å². The van der Waals surface area contributed by atoms with Gasteiger partial charge in [0, 0.05) is 6.54 Å². The van der Waals surface area contributed by atoms with Gasteiger partial charge in [0.25, 0.3) is 0 Å².